The fourth-order valence-corrected chi connectivity index (χ4v) is 2.40. The molecule has 0 spiro atoms. The second kappa shape index (κ2) is 9.86. The first-order chi connectivity index (χ1) is 8.36. The summed E-state index contributed by atoms with van der Waals surface area (Å²) in [5.41, 5.74) is 0. The Kier molecular flexibility index (Phi) is 8.67. The third-order valence-electron chi connectivity index (χ3n) is 3.50. The van der Waals surface area contributed by atoms with Crippen molar-refractivity contribution in [1.82, 2.24) is 10.2 Å². The molecule has 0 amide bonds. The van der Waals surface area contributed by atoms with Crippen LogP contribution in [-0.2, 0) is 4.74 Å². The smallest absolute Gasteiger partial charge is 0.0599 e. The Morgan fingerprint density at radius 1 is 1.12 bits per heavy atom. The Morgan fingerprint density at radius 3 is 2.53 bits per heavy atom. The number of unbranched alkanes of at least 4 members (excludes halogenated alkanes) is 2. The van der Waals surface area contributed by atoms with E-state index in [-0.39, 0.29) is 0 Å². The van der Waals surface area contributed by atoms with E-state index in [2.05, 4.69) is 24.1 Å². The lowest BCUT2D eigenvalue weighted by Gasteiger charge is -2.31. The highest BCUT2D eigenvalue weighted by molar-refractivity contribution is 4.72. The highest BCUT2D eigenvalue weighted by Gasteiger charge is 2.18. The Hall–Kier alpha value is -0.120. The number of ether oxygens (including phenoxy) is 1. The van der Waals surface area contributed by atoms with Gasteiger partial charge in [-0.05, 0) is 32.7 Å². The van der Waals surface area contributed by atoms with Gasteiger partial charge in [0.25, 0.3) is 0 Å². The molecule has 1 fully saturated rings. The summed E-state index contributed by atoms with van der Waals surface area (Å²) in [6.45, 7) is 11.2. The predicted molar refractivity (Wildman–Crippen MR) is 73.5 cm³/mol. The molecule has 1 N–H and O–H groups in total. The molecule has 17 heavy (non-hydrogen) atoms. The molecular weight excluding hydrogens is 212 g/mol. The summed E-state index contributed by atoms with van der Waals surface area (Å²) >= 11 is 0. The van der Waals surface area contributed by atoms with E-state index in [9.17, 15) is 0 Å². The second-order valence-corrected chi connectivity index (χ2v) is 4.95. The normalized spacial score (nSPS) is 18.7. The number of hydrogen-bond acceptors (Lipinski definition) is 3. The average Bonchev–Trinajstić information content (AvgIpc) is 2.36. The van der Waals surface area contributed by atoms with Crippen LogP contribution in [0.4, 0.5) is 0 Å². The van der Waals surface area contributed by atoms with Crippen LogP contribution in [0.2, 0.25) is 0 Å². The van der Waals surface area contributed by atoms with Crippen LogP contribution in [-0.4, -0.2) is 50.3 Å². The summed E-state index contributed by atoms with van der Waals surface area (Å²) < 4.78 is 5.66. The summed E-state index contributed by atoms with van der Waals surface area (Å²) in [6, 6.07) is 0. The fourth-order valence-electron chi connectivity index (χ4n) is 2.40. The lowest BCUT2D eigenvalue weighted by Crippen LogP contribution is -2.40. The molecule has 0 bridgehead atoms. The van der Waals surface area contributed by atoms with Gasteiger partial charge in [0.15, 0.2) is 0 Å². The Labute approximate surface area is 107 Å². The zero-order chi connectivity index (χ0) is 12.3. The molecule has 1 heterocycles. The first kappa shape index (κ1) is 14.9. The van der Waals surface area contributed by atoms with Gasteiger partial charge >= 0.3 is 0 Å². The van der Waals surface area contributed by atoms with Gasteiger partial charge in [0.05, 0.1) is 6.10 Å². The van der Waals surface area contributed by atoms with Crippen molar-refractivity contribution >= 4 is 0 Å². The average molecular weight is 242 g/mol. The molecule has 0 aromatic rings. The molecule has 0 saturated carbocycles. The molecule has 0 aliphatic carbocycles. The summed E-state index contributed by atoms with van der Waals surface area (Å²) in [5, 5.41) is 3.53. The molecule has 3 heteroatoms. The van der Waals surface area contributed by atoms with Crippen LogP contribution >= 0.6 is 0 Å². The van der Waals surface area contributed by atoms with Crippen LogP contribution in [0.5, 0.6) is 0 Å². The van der Waals surface area contributed by atoms with Gasteiger partial charge in [-0.3, -0.25) is 0 Å². The lowest BCUT2D eigenvalue weighted by atomic mass is 10.1. The Bertz CT molecular complexity index is 168. The largest absolute Gasteiger partial charge is 0.378 e. The van der Waals surface area contributed by atoms with Crippen molar-refractivity contribution in [2.45, 2.75) is 52.1 Å². The number of likely N-dealkylation sites (tertiary alicyclic amines) is 1. The van der Waals surface area contributed by atoms with E-state index < -0.39 is 0 Å². The van der Waals surface area contributed by atoms with Crippen LogP contribution in [0.1, 0.15) is 46.0 Å². The van der Waals surface area contributed by atoms with Crippen molar-refractivity contribution in [1.29, 1.82) is 0 Å². The van der Waals surface area contributed by atoms with Crippen molar-refractivity contribution in [3.05, 3.63) is 0 Å². The highest BCUT2D eigenvalue weighted by atomic mass is 16.5. The van der Waals surface area contributed by atoms with Crippen LogP contribution in [0.15, 0.2) is 0 Å². The molecule has 0 unspecified atom stereocenters. The van der Waals surface area contributed by atoms with E-state index in [1.165, 1.54) is 58.3 Å². The van der Waals surface area contributed by atoms with E-state index in [0.717, 1.165) is 13.2 Å². The van der Waals surface area contributed by atoms with Crippen LogP contribution in [0.25, 0.3) is 0 Å². The molecule has 1 aliphatic rings. The van der Waals surface area contributed by atoms with Gasteiger partial charge in [0.1, 0.15) is 0 Å². The maximum Gasteiger partial charge on any atom is 0.0599 e. The molecule has 0 aromatic carbocycles. The zero-order valence-electron chi connectivity index (χ0n) is 11.7. The third-order valence-corrected chi connectivity index (χ3v) is 3.50. The summed E-state index contributed by atoms with van der Waals surface area (Å²) in [5.74, 6) is 0. The van der Waals surface area contributed by atoms with Crippen molar-refractivity contribution in [2.24, 2.45) is 0 Å². The summed E-state index contributed by atoms with van der Waals surface area (Å²) in [7, 11) is 0. The monoisotopic (exact) mass is 242 g/mol. The Morgan fingerprint density at radius 2 is 1.88 bits per heavy atom. The summed E-state index contributed by atoms with van der Waals surface area (Å²) in [4.78, 5) is 2.56. The number of nitrogens with one attached hydrogen (secondary N) is 1. The quantitative estimate of drug-likeness (QED) is 0.628. The molecule has 3 nitrogen and oxygen atoms in total. The van der Waals surface area contributed by atoms with Gasteiger partial charge < -0.3 is 15.0 Å². The van der Waals surface area contributed by atoms with E-state index in [0.29, 0.717) is 6.10 Å². The molecule has 0 atom stereocenters. The lowest BCUT2D eigenvalue weighted by molar-refractivity contribution is 0.0146. The minimum atomic E-state index is 0.522. The first-order valence-corrected chi connectivity index (χ1v) is 7.41. The van der Waals surface area contributed by atoms with Gasteiger partial charge in [-0.25, -0.2) is 0 Å². The van der Waals surface area contributed by atoms with Gasteiger partial charge in [-0.2, -0.15) is 0 Å². The minimum Gasteiger partial charge on any atom is -0.378 e. The van der Waals surface area contributed by atoms with Gasteiger partial charge in [-0.15, -0.1) is 0 Å². The highest BCUT2D eigenvalue weighted by Crippen LogP contribution is 2.12. The van der Waals surface area contributed by atoms with Crippen molar-refractivity contribution in [2.75, 3.05) is 39.3 Å². The standard InChI is InChI=1S/C14H30N2O/c1-3-5-6-9-15-10-13-16-11-7-14(8-12-16)17-4-2/h14-15H,3-13H2,1-2H3. The van der Waals surface area contributed by atoms with Crippen molar-refractivity contribution in [3.63, 3.8) is 0 Å². The fraction of sp³-hybridized carbons (Fsp3) is 1.00. The predicted octanol–water partition coefficient (Wildman–Crippen LogP) is 2.27. The minimum absolute atomic E-state index is 0.522. The zero-order valence-corrected chi connectivity index (χ0v) is 11.7. The molecule has 0 aromatic heterocycles. The number of rotatable bonds is 9. The molecule has 102 valence electrons. The van der Waals surface area contributed by atoms with Crippen LogP contribution < -0.4 is 5.32 Å². The Balaban J connectivity index is 1.91. The van der Waals surface area contributed by atoms with Crippen LogP contribution in [0, 0.1) is 0 Å². The molecular formula is C14H30N2O. The maximum atomic E-state index is 5.66. The first-order valence-electron chi connectivity index (χ1n) is 7.41. The van der Waals surface area contributed by atoms with E-state index in [1.54, 1.807) is 0 Å². The number of piperidine rings is 1. The maximum absolute atomic E-state index is 5.66. The molecule has 0 radical (unpaired) electrons. The van der Waals surface area contributed by atoms with Gasteiger partial charge in [0, 0.05) is 32.8 Å². The van der Waals surface area contributed by atoms with E-state index >= 15 is 0 Å². The van der Waals surface area contributed by atoms with Gasteiger partial charge in [0.2, 0.25) is 0 Å². The number of nitrogens with zero attached hydrogens (tertiary/aromatic N) is 1. The molecule has 1 rings (SSSR count). The van der Waals surface area contributed by atoms with E-state index in [1.807, 2.05) is 0 Å². The molecule has 1 saturated heterocycles. The van der Waals surface area contributed by atoms with Gasteiger partial charge in [-0.1, -0.05) is 19.8 Å². The topological polar surface area (TPSA) is 24.5 Å². The SMILES string of the molecule is CCCCCNCCN1CCC(OCC)CC1. The van der Waals surface area contributed by atoms with Crippen molar-refractivity contribution in [3.8, 4) is 0 Å². The molecule has 1 aliphatic heterocycles. The second-order valence-electron chi connectivity index (χ2n) is 4.95. The van der Waals surface area contributed by atoms with E-state index in [4.69, 9.17) is 4.74 Å². The van der Waals surface area contributed by atoms with Crippen LogP contribution in [0.3, 0.4) is 0 Å². The number of hydrogen-bond donors (Lipinski definition) is 1. The summed E-state index contributed by atoms with van der Waals surface area (Å²) in [6.07, 6.45) is 6.93. The van der Waals surface area contributed by atoms with Crippen molar-refractivity contribution < 1.29 is 4.74 Å². The third kappa shape index (κ3) is 7.02.